The molecule has 3 N–H and O–H groups in total. The Morgan fingerprint density at radius 2 is 1.71 bits per heavy atom. The molecule has 0 aliphatic heterocycles. The van der Waals surface area contributed by atoms with E-state index < -0.39 is 36.7 Å². The highest BCUT2D eigenvalue weighted by atomic mass is 16.5. The van der Waals surface area contributed by atoms with Crippen molar-refractivity contribution in [2.45, 2.75) is 51.7 Å². The Balaban J connectivity index is 1.60. The van der Waals surface area contributed by atoms with Crippen LogP contribution in [0.15, 0.2) is 60.7 Å². The van der Waals surface area contributed by atoms with Gasteiger partial charge >= 0.3 is 18.0 Å². The lowest BCUT2D eigenvalue weighted by Gasteiger charge is -2.28. The van der Waals surface area contributed by atoms with Crippen LogP contribution in [-0.2, 0) is 28.9 Å². The van der Waals surface area contributed by atoms with Gasteiger partial charge in [0.1, 0.15) is 11.8 Å². The average Bonchev–Trinajstić information content (AvgIpc) is 3.35. The van der Waals surface area contributed by atoms with Gasteiger partial charge in [-0.05, 0) is 64.8 Å². The number of aliphatic hydroxyl groups excluding tert-OH is 1. The number of aliphatic carboxylic acids is 1. The number of benzene rings is 3. The van der Waals surface area contributed by atoms with Crippen LogP contribution in [0.5, 0.6) is 5.75 Å². The van der Waals surface area contributed by atoms with Gasteiger partial charge in [-0.25, -0.2) is 14.4 Å². The van der Waals surface area contributed by atoms with Gasteiger partial charge < -0.3 is 25.2 Å². The van der Waals surface area contributed by atoms with Gasteiger partial charge in [0.05, 0.1) is 6.54 Å². The third-order valence-corrected chi connectivity index (χ3v) is 6.73. The Morgan fingerprint density at radius 3 is 2.47 bits per heavy atom. The van der Waals surface area contributed by atoms with E-state index in [2.05, 4.69) is 5.32 Å². The molecule has 1 aliphatic rings. The predicted molar refractivity (Wildman–Crippen MR) is 144 cm³/mol. The monoisotopic (exact) mass is 518 g/mol. The molecule has 0 fully saturated rings. The van der Waals surface area contributed by atoms with E-state index in [9.17, 15) is 19.5 Å². The van der Waals surface area contributed by atoms with E-state index in [1.807, 2.05) is 68.4 Å². The fourth-order valence-corrected chi connectivity index (χ4v) is 4.89. The molecule has 4 rings (SSSR count). The molecule has 2 atom stereocenters. The Morgan fingerprint density at radius 1 is 0.974 bits per heavy atom. The van der Waals surface area contributed by atoms with E-state index in [0.29, 0.717) is 5.75 Å². The molecule has 200 valence electrons. The normalized spacial score (nSPS) is 14.1. The molecule has 0 heterocycles. The summed E-state index contributed by atoms with van der Waals surface area (Å²) in [6.45, 7) is 3.56. The summed E-state index contributed by atoms with van der Waals surface area (Å²) in [5.41, 5.74) is 3.28. The molecule has 2 amide bonds. The van der Waals surface area contributed by atoms with Gasteiger partial charge in [0, 0.05) is 13.0 Å². The number of carboxylic acids is 1. The van der Waals surface area contributed by atoms with Crippen molar-refractivity contribution < 1.29 is 29.3 Å². The number of urea groups is 1. The molecule has 8 nitrogen and oxygen atoms in total. The predicted octanol–water partition coefficient (Wildman–Crippen LogP) is 3.96. The molecule has 3 aromatic rings. The molecule has 0 bridgehead atoms. The van der Waals surface area contributed by atoms with E-state index >= 15 is 0 Å². The zero-order valence-corrected chi connectivity index (χ0v) is 21.7. The number of carbonyl (C=O) groups is 3. The second kappa shape index (κ2) is 12.1. The first-order valence-electron chi connectivity index (χ1n) is 13.0. The van der Waals surface area contributed by atoms with Gasteiger partial charge in [-0.1, -0.05) is 62.4 Å². The summed E-state index contributed by atoms with van der Waals surface area (Å²) in [6.07, 6.45) is 1.45. The zero-order chi connectivity index (χ0) is 27.2. The van der Waals surface area contributed by atoms with Gasteiger partial charge in [0.25, 0.3) is 0 Å². The molecule has 8 heteroatoms. The Bertz CT molecular complexity index is 1320. The fourth-order valence-electron chi connectivity index (χ4n) is 4.89. The molecule has 0 saturated heterocycles. The summed E-state index contributed by atoms with van der Waals surface area (Å²) in [4.78, 5) is 39.2. The first kappa shape index (κ1) is 27.1. The van der Waals surface area contributed by atoms with Crippen molar-refractivity contribution in [2.75, 3.05) is 13.1 Å². The number of aryl methyl sites for hydroxylation is 2. The maximum Gasteiger partial charge on any atom is 0.334 e. The summed E-state index contributed by atoms with van der Waals surface area (Å²) in [6, 6.07) is 17.5. The summed E-state index contributed by atoms with van der Waals surface area (Å²) in [5.74, 6) is -1.60. The van der Waals surface area contributed by atoms with Crippen LogP contribution in [0.4, 0.5) is 4.79 Å². The maximum absolute atomic E-state index is 13.5. The van der Waals surface area contributed by atoms with Crippen LogP contribution >= 0.6 is 0 Å². The number of fused-ring (bicyclic) bond motifs is 2. The fraction of sp³-hybridized carbons (Fsp3) is 0.367. The number of ether oxygens (including phenoxy) is 1. The van der Waals surface area contributed by atoms with Crippen molar-refractivity contribution in [3.63, 3.8) is 0 Å². The number of aliphatic hydroxyl groups is 1. The number of nitrogens with one attached hydrogen (secondary N) is 1. The van der Waals surface area contributed by atoms with Crippen molar-refractivity contribution in [1.29, 1.82) is 0 Å². The molecule has 0 aromatic heterocycles. The van der Waals surface area contributed by atoms with Gasteiger partial charge in [-0.2, -0.15) is 0 Å². The Hall–Kier alpha value is -3.91. The molecular formula is C30H34N2O6. The van der Waals surface area contributed by atoms with Crippen LogP contribution < -0.4 is 10.1 Å². The zero-order valence-electron chi connectivity index (χ0n) is 21.7. The number of nitrogens with zero attached hydrogens (tertiary/aromatic N) is 1. The average molecular weight is 519 g/mol. The van der Waals surface area contributed by atoms with Crippen molar-refractivity contribution in [2.24, 2.45) is 5.92 Å². The summed E-state index contributed by atoms with van der Waals surface area (Å²) in [7, 11) is 0. The minimum absolute atomic E-state index is 0.0108. The van der Waals surface area contributed by atoms with Crippen LogP contribution in [-0.4, -0.2) is 58.3 Å². The van der Waals surface area contributed by atoms with E-state index in [1.165, 1.54) is 10.5 Å². The first-order chi connectivity index (χ1) is 18.2. The molecule has 38 heavy (non-hydrogen) atoms. The molecule has 0 radical (unpaired) electrons. The number of carboxylic acid groups (broad SMARTS) is 1. The van der Waals surface area contributed by atoms with Gasteiger partial charge in [-0.3, -0.25) is 0 Å². The first-order valence-corrected chi connectivity index (χ1v) is 13.0. The largest absolute Gasteiger partial charge is 0.479 e. The van der Waals surface area contributed by atoms with Crippen molar-refractivity contribution in [3.8, 4) is 5.75 Å². The maximum atomic E-state index is 13.5. The lowest BCUT2D eigenvalue weighted by atomic mass is 9.98. The number of esters is 1. The molecule has 0 spiro atoms. The van der Waals surface area contributed by atoms with E-state index in [4.69, 9.17) is 9.84 Å². The smallest absolute Gasteiger partial charge is 0.334 e. The lowest BCUT2D eigenvalue weighted by Crippen LogP contribution is -2.53. The SMILES string of the molecule is CC(C)CN(CC(O)C(=O)O)C(=O)NC(Cc1cccc2ccccc12)C(=O)Oc1ccc2c(c1)CCC2. The van der Waals surface area contributed by atoms with Crippen LogP contribution in [0.2, 0.25) is 0 Å². The third-order valence-electron chi connectivity index (χ3n) is 6.73. The van der Waals surface area contributed by atoms with Gasteiger partial charge in [-0.15, -0.1) is 0 Å². The van der Waals surface area contributed by atoms with E-state index in [-0.39, 0.29) is 18.9 Å². The molecule has 0 saturated carbocycles. The topological polar surface area (TPSA) is 116 Å². The minimum atomic E-state index is -1.74. The lowest BCUT2D eigenvalue weighted by molar-refractivity contribution is -0.147. The number of hydrogen-bond acceptors (Lipinski definition) is 5. The van der Waals surface area contributed by atoms with E-state index in [1.54, 1.807) is 6.07 Å². The Labute approximate surface area is 222 Å². The number of carbonyl (C=O) groups excluding carboxylic acids is 2. The van der Waals surface area contributed by atoms with Crippen molar-refractivity contribution in [1.82, 2.24) is 10.2 Å². The quantitative estimate of drug-likeness (QED) is 0.276. The molecule has 3 aromatic carbocycles. The van der Waals surface area contributed by atoms with Gasteiger partial charge in [0.15, 0.2) is 6.10 Å². The highest BCUT2D eigenvalue weighted by Crippen LogP contribution is 2.27. The Kier molecular flexibility index (Phi) is 8.63. The summed E-state index contributed by atoms with van der Waals surface area (Å²) < 4.78 is 5.75. The third kappa shape index (κ3) is 6.69. The van der Waals surface area contributed by atoms with Crippen LogP contribution in [0, 0.1) is 5.92 Å². The van der Waals surface area contributed by atoms with Crippen molar-refractivity contribution in [3.05, 3.63) is 77.4 Å². The number of hydrogen-bond donors (Lipinski definition) is 3. The minimum Gasteiger partial charge on any atom is -0.479 e. The second-order valence-electron chi connectivity index (χ2n) is 10.2. The molecule has 2 unspecified atom stereocenters. The van der Waals surface area contributed by atoms with Crippen LogP contribution in [0.3, 0.4) is 0 Å². The van der Waals surface area contributed by atoms with Crippen LogP contribution in [0.1, 0.15) is 37.0 Å². The standard InChI is InChI=1S/C30H34N2O6/c1-19(2)17-32(18-27(33)28(34)35)30(37)31-26(16-23-11-6-9-21-7-3-4-12-25(21)23)29(36)38-24-14-13-20-8-5-10-22(20)15-24/h3-4,6-7,9,11-15,19,26-27,33H,5,8,10,16-18H2,1-2H3,(H,31,37)(H,34,35). The highest BCUT2D eigenvalue weighted by molar-refractivity contribution is 5.89. The highest BCUT2D eigenvalue weighted by Gasteiger charge is 2.29. The van der Waals surface area contributed by atoms with Crippen molar-refractivity contribution >= 4 is 28.7 Å². The second-order valence-corrected chi connectivity index (χ2v) is 10.2. The van der Waals surface area contributed by atoms with Crippen LogP contribution in [0.25, 0.3) is 10.8 Å². The summed E-state index contributed by atoms with van der Waals surface area (Å²) >= 11 is 0. The summed E-state index contributed by atoms with van der Waals surface area (Å²) in [5, 5.41) is 23.8. The van der Waals surface area contributed by atoms with Gasteiger partial charge in [0.2, 0.25) is 0 Å². The van der Waals surface area contributed by atoms with E-state index in [0.717, 1.165) is 41.2 Å². The number of amides is 2. The molecule has 1 aliphatic carbocycles. The number of rotatable bonds is 10. The molecular weight excluding hydrogens is 484 g/mol.